The third kappa shape index (κ3) is 3.93. The van der Waals surface area contributed by atoms with Gasteiger partial charge in [0.05, 0.1) is 18.3 Å². The molecule has 1 aliphatic carbocycles. The van der Waals surface area contributed by atoms with Crippen molar-refractivity contribution in [3.05, 3.63) is 35.0 Å². The highest BCUT2D eigenvalue weighted by Gasteiger charge is 2.19. The molecule has 4 nitrogen and oxygen atoms in total. The lowest BCUT2D eigenvalue weighted by atomic mass is 10.0. The van der Waals surface area contributed by atoms with Crippen molar-refractivity contribution in [2.45, 2.75) is 58.6 Å². The van der Waals surface area contributed by atoms with Gasteiger partial charge < -0.3 is 4.74 Å². The fraction of sp³-hybridized carbons (Fsp3) is 0.524. The molecule has 2 heterocycles. The van der Waals surface area contributed by atoms with Gasteiger partial charge in [0.15, 0.2) is 0 Å². The molecule has 2 aliphatic rings. The highest BCUT2D eigenvalue weighted by Crippen LogP contribution is 2.28. The summed E-state index contributed by atoms with van der Waals surface area (Å²) in [7, 11) is 0. The minimum Gasteiger partial charge on any atom is -0.376 e. The van der Waals surface area contributed by atoms with Crippen LogP contribution in [-0.2, 0) is 11.3 Å². The second-order valence-electron chi connectivity index (χ2n) is 7.25. The first-order chi connectivity index (χ1) is 12.2. The van der Waals surface area contributed by atoms with Crippen molar-refractivity contribution >= 4 is 0 Å². The molecule has 2 aromatic rings. The predicted octanol–water partition coefficient (Wildman–Crippen LogP) is 3.89. The average molecular weight is 335 g/mol. The SMILES string of the molecule is Cc1cc(C#CC2CC2)ccc1-c1nn(C[C@H]2CCCCO2)nc1C. The van der Waals surface area contributed by atoms with Crippen LogP contribution < -0.4 is 0 Å². The molecule has 0 bridgehead atoms. The second kappa shape index (κ2) is 7.01. The van der Waals surface area contributed by atoms with Gasteiger partial charge in [-0.1, -0.05) is 17.9 Å². The van der Waals surface area contributed by atoms with Crippen LogP contribution in [0.25, 0.3) is 11.3 Å². The maximum atomic E-state index is 5.81. The Balaban J connectivity index is 1.53. The van der Waals surface area contributed by atoms with Crippen molar-refractivity contribution in [2.75, 3.05) is 6.61 Å². The first-order valence-electron chi connectivity index (χ1n) is 9.35. The molecule has 0 amide bonds. The van der Waals surface area contributed by atoms with E-state index < -0.39 is 0 Å². The molecule has 2 fully saturated rings. The molecule has 1 aliphatic heterocycles. The van der Waals surface area contributed by atoms with E-state index in [0.717, 1.165) is 42.1 Å². The molecule has 4 rings (SSSR count). The van der Waals surface area contributed by atoms with Crippen LogP contribution in [-0.4, -0.2) is 27.7 Å². The van der Waals surface area contributed by atoms with E-state index in [1.54, 1.807) is 4.80 Å². The van der Waals surface area contributed by atoms with Gasteiger partial charge in [-0.2, -0.15) is 15.0 Å². The summed E-state index contributed by atoms with van der Waals surface area (Å²) < 4.78 is 5.81. The van der Waals surface area contributed by atoms with Gasteiger partial charge in [-0.15, -0.1) is 0 Å². The van der Waals surface area contributed by atoms with E-state index in [0.29, 0.717) is 5.92 Å². The summed E-state index contributed by atoms with van der Waals surface area (Å²) >= 11 is 0. The number of aryl methyl sites for hydroxylation is 2. The molecule has 0 radical (unpaired) electrons. The minimum absolute atomic E-state index is 0.245. The molecular weight excluding hydrogens is 310 g/mol. The lowest BCUT2D eigenvalue weighted by Crippen LogP contribution is -2.25. The maximum Gasteiger partial charge on any atom is 0.116 e. The Morgan fingerprint density at radius 2 is 2.04 bits per heavy atom. The van der Waals surface area contributed by atoms with Crippen LogP contribution >= 0.6 is 0 Å². The van der Waals surface area contributed by atoms with Gasteiger partial charge in [0, 0.05) is 23.7 Å². The van der Waals surface area contributed by atoms with Crippen LogP contribution in [0.1, 0.15) is 48.9 Å². The molecule has 0 N–H and O–H groups in total. The average Bonchev–Trinajstić information content (AvgIpc) is 3.37. The molecular formula is C21H25N3O. The second-order valence-corrected chi connectivity index (χ2v) is 7.25. The maximum absolute atomic E-state index is 5.81. The normalized spacial score (nSPS) is 20.2. The predicted molar refractivity (Wildman–Crippen MR) is 98.1 cm³/mol. The highest BCUT2D eigenvalue weighted by molar-refractivity contribution is 5.66. The van der Waals surface area contributed by atoms with Crippen LogP contribution in [0.15, 0.2) is 18.2 Å². The van der Waals surface area contributed by atoms with E-state index in [9.17, 15) is 0 Å². The highest BCUT2D eigenvalue weighted by atomic mass is 16.5. The zero-order valence-electron chi connectivity index (χ0n) is 15.1. The standard InChI is InChI=1S/C21H25N3O/c1-15-13-18(9-8-17-6-7-17)10-11-20(15)21-16(2)22-24(23-21)14-19-5-3-4-12-25-19/h10-11,13,17,19H,3-7,12,14H2,1-2H3/t19-/m1/s1. The van der Waals surface area contributed by atoms with Gasteiger partial charge in [-0.3, -0.25) is 0 Å². The molecule has 1 aromatic heterocycles. The van der Waals surface area contributed by atoms with E-state index in [-0.39, 0.29) is 6.10 Å². The van der Waals surface area contributed by atoms with Crippen molar-refractivity contribution in [2.24, 2.45) is 5.92 Å². The molecule has 1 atom stereocenters. The number of benzene rings is 1. The van der Waals surface area contributed by atoms with Gasteiger partial charge in [-0.25, -0.2) is 0 Å². The Morgan fingerprint density at radius 1 is 1.16 bits per heavy atom. The van der Waals surface area contributed by atoms with E-state index in [2.05, 4.69) is 42.1 Å². The van der Waals surface area contributed by atoms with E-state index in [1.807, 2.05) is 6.92 Å². The Kier molecular flexibility index (Phi) is 4.59. The van der Waals surface area contributed by atoms with Gasteiger partial charge >= 0.3 is 0 Å². The number of nitrogens with zero attached hydrogens (tertiary/aromatic N) is 3. The minimum atomic E-state index is 0.245. The van der Waals surface area contributed by atoms with Crippen LogP contribution in [0.2, 0.25) is 0 Å². The fourth-order valence-electron chi connectivity index (χ4n) is 3.31. The van der Waals surface area contributed by atoms with Crippen LogP contribution in [0.3, 0.4) is 0 Å². The molecule has 1 aromatic carbocycles. The van der Waals surface area contributed by atoms with Crippen molar-refractivity contribution in [1.29, 1.82) is 0 Å². The van der Waals surface area contributed by atoms with Gasteiger partial charge in [0.2, 0.25) is 0 Å². The number of hydrogen-bond donors (Lipinski definition) is 0. The number of aromatic nitrogens is 3. The molecule has 4 heteroatoms. The van der Waals surface area contributed by atoms with Gasteiger partial charge in [0.25, 0.3) is 0 Å². The molecule has 25 heavy (non-hydrogen) atoms. The Hall–Kier alpha value is -2.12. The zero-order valence-corrected chi connectivity index (χ0v) is 15.1. The topological polar surface area (TPSA) is 39.9 Å². The molecule has 0 unspecified atom stereocenters. The molecule has 130 valence electrons. The van der Waals surface area contributed by atoms with Crippen molar-refractivity contribution in [3.8, 4) is 23.1 Å². The first-order valence-corrected chi connectivity index (χ1v) is 9.35. The van der Waals surface area contributed by atoms with E-state index >= 15 is 0 Å². The third-order valence-electron chi connectivity index (χ3n) is 4.94. The summed E-state index contributed by atoms with van der Waals surface area (Å²) in [5.41, 5.74) is 5.37. The van der Waals surface area contributed by atoms with Crippen molar-refractivity contribution < 1.29 is 4.74 Å². The summed E-state index contributed by atoms with van der Waals surface area (Å²) in [6.07, 6.45) is 6.27. The van der Waals surface area contributed by atoms with Gasteiger partial charge in [0.1, 0.15) is 5.69 Å². The van der Waals surface area contributed by atoms with E-state index in [1.165, 1.54) is 31.2 Å². The Labute approximate surface area is 149 Å². The lowest BCUT2D eigenvalue weighted by molar-refractivity contribution is 0.00158. The van der Waals surface area contributed by atoms with Gasteiger partial charge in [-0.05, 0) is 63.6 Å². The zero-order chi connectivity index (χ0) is 17.2. The number of rotatable bonds is 3. The van der Waals surface area contributed by atoms with Crippen LogP contribution in [0.5, 0.6) is 0 Å². The summed E-state index contributed by atoms with van der Waals surface area (Å²) in [4.78, 5) is 1.81. The molecule has 0 spiro atoms. The van der Waals surface area contributed by atoms with E-state index in [4.69, 9.17) is 9.84 Å². The summed E-state index contributed by atoms with van der Waals surface area (Å²) in [6.45, 7) is 5.76. The van der Waals surface area contributed by atoms with Crippen LogP contribution in [0.4, 0.5) is 0 Å². The summed E-state index contributed by atoms with van der Waals surface area (Å²) in [6, 6.07) is 6.39. The van der Waals surface area contributed by atoms with Crippen molar-refractivity contribution in [1.82, 2.24) is 15.0 Å². The largest absolute Gasteiger partial charge is 0.376 e. The summed E-state index contributed by atoms with van der Waals surface area (Å²) in [5, 5.41) is 9.35. The number of hydrogen-bond acceptors (Lipinski definition) is 3. The monoisotopic (exact) mass is 335 g/mol. The number of ether oxygens (including phenoxy) is 1. The smallest absolute Gasteiger partial charge is 0.116 e. The van der Waals surface area contributed by atoms with Crippen LogP contribution in [0, 0.1) is 31.6 Å². The quantitative estimate of drug-likeness (QED) is 0.799. The molecule has 1 saturated carbocycles. The lowest BCUT2D eigenvalue weighted by Gasteiger charge is -2.21. The van der Waals surface area contributed by atoms with Crippen molar-refractivity contribution in [3.63, 3.8) is 0 Å². The summed E-state index contributed by atoms with van der Waals surface area (Å²) in [5.74, 6) is 7.25. The molecule has 1 saturated heterocycles. The fourth-order valence-corrected chi connectivity index (χ4v) is 3.31. The Morgan fingerprint density at radius 3 is 2.76 bits per heavy atom. The Bertz CT molecular complexity index is 817. The first kappa shape index (κ1) is 16.4. The third-order valence-corrected chi connectivity index (χ3v) is 4.94.